The lowest BCUT2D eigenvalue weighted by Crippen LogP contribution is -2.55. The average Bonchev–Trinajstić information content (AvgIpc) is 3.24. The fourth-order valence-corrected chi connectivity index (χ4v) is 4.91. The SMILES string of the molecule is Cc1ccc2[nH]c3c(c2c1)CCNC31CCN(C(=O)Nc2c(C)noc2C)CC1. The van der Waals surface area contributed by atoms with Gasteiger partial charge in [-0.15, -0.1) is 0 Å². The highest BCUT2D eigenvalue weighted by molar-refractivity contribution is 5.90. The van der Waals surface area contributed by atoms with Gasteiger partial charge in [0.1, 0.15) is 11.4 Å². The van der Waals surface area contributed by atoms with Crippen molar-refractivity contribution in [1.29, 1.82) is 0 Å². The van der Waals surface area contributed by atoms with Crippen molar-refractivity contribution in [3.8, 4) is 0 Å². The minimum atomic E-state index is -0.0856. The van der Waals surface area contributed by atoms with Crippen LogP contribution in [0.3, 0.4) is 0 Å². The number of piperidine rings is 1. The molecule has 7 heteroatoms. The minimum Gasteiger partial charge on any atom is -0.359 e. The molecule has 29 heavy (non-hydrogen) atoms. The van der Waals surface area contributed by atoms with Crippen molar-refractivity contribution in [2.45, 2.75) is 45.6 Å². The number of aryl methyl sites for hydroxylation is 3. The number of urea groups is 1. The maximum atomic E-state index is 12.8. The molecule has 1 aromatic carbocycles. The number of aromatic amines is 1. The Bertz CT molecular complexity index is 1070. The van der Waals surface area contributed by atoms with E-state index in [1.165, 1.54) is 27.7 Å². The molecule has 0 aliphatic carbocycles. The van der Waals surface area contributed by atoms with Crippen molar-refractivity contribution >= 4 is 22.6 Å². The summed E-state index contributed by atoms with van der Waals surface area (Å²) in [7, 11) is 0. The van der Waals surface area contributed by atoms with Gasteiger partial charge in [0.2, 0.25) is 0 Å². The largest absolute Gasteiger partial charge is 0.359 e. The van der Waals surface area contributed by atoms with E-state index in [0.717, 1.165) is 25.8 Å². The van der Waals surface area contributed by atoms with Crippen LogP contribution in [-0.2, 0) is 12.0 Å². The fraction of sp³-hybridized carbons (Fsp3) is 0.455. The molecule has 2 aromatic heterocycles. The van der Waals surface area contributed by atoms with Gasteiger partial charge in [-0.2, -0.15) is 0 Å². The monoisotopic (exact) mass is 393 g/mol. The smallest absolute Gasteiger partial charge is 0.321 e. The highest BCUT2D eigenvalue weighted by Gasteiger charge is 2.42. The summed E-state index contributed by atoms with van der Waals surface area (Å²) in [5.74, 6) is 0.635. The second kappa shape index (κ2) is 6.62. The van der Waals surface area contributed by atoms with Crippen LogP contribution in [0, 0.1) is 20.8 Å². The van der Waals surface area contributed by atoms with Crippen LogP contribution >= 0.6 is 0 Å². The zero-order valence-electron chi connectivity index (χ0n) is 17.2. The predicted octanol–water partition coefficient (Wildman–Crippen LogP) is 3.75. The van der Waals surface area contributed by atoms with Gasteiger partial charge in [0.05, 0.1) is 5.54 Å². The maximum absolute atomic E-state index is 12.8. The molecule has 1 fully saturated rings. The Kier molecular flexibility index (Phi) is 4.17. The standard InChI is InChI=1S/C22H27N5O2/c1-13-4-5-18-17(12-13)16-6-9-23-22(20(16)24-18)7-10-27(11-8-22)21(28)25-19-14(2)26-29-15(19)3/h4-5,12,23-24H,6-11H2,1-3H3,(H,25,28). The third-order valence-electron chi connectivity index (χ3n) is 6.55. The molecule has 0 saturated carbocycles. The Morgan fingerprint density at radius 1 is 1.24 bits per heavy atom. The maximum Gasteiger partial charge on any atom is 0.321 e. The third-order valence-corrected chi connectivity index (χ3v) is 6.55. The Morgan fingerprint density at radius 2 is 2.03 bits per heavy atom. The van der Waals surface area contributed by atoms with Crippen molar-refractivity contribution in [3.63, 3.8) is 0 Å². The third kappa shape index (κ3) is 2.92. The first-order chi connectivity index (χ1) is 14.0. The van der Waals surface area contributed by atoms with Crippen LogP contribution in [0.25, 0.3) is 10.9 Å². The van der Waals surface area contributed by atoms with Crippen molar-refractivity contribution in [3.05, 3.63) is 46.5 Å². The van der Waals surface area contributed by atoms with E-state index in [2.05, 4.69) is 45.9 Å². The lowest BCUT2D eigenvalue weighted by atomic mass is 9.79. The van der Waals surface area contributed by atoms with Crippen molar-refractivity contribution in [2.75, 3.05) is 25.0 Å². The number of hydrogen-bond donors (Lipinski definition) is 3. The molecule has 152 valence electrons. The Balaban J connectivity index is 1.37. The highest BCUT2D eigenvalue weighted by atomic mass is 16.5. The van der Waals surface area contributed by atoms with Gasteiger partial charge in [0.15, 0.2) is 5.76 Å². The molecular weight excluding hydrogens is 366 g/mol. The van der Waals surface area contributed by atoms with E-state index in [1.807, 2.05) is 18.7 Å². The molecule has 2 aliphatic rings. The van der Waals surface area contributed by atoms with E-state index in [0.29, 0.717) is 30.2 Å². The summed E-state index contributed by atoms with van der Waals surface area (Å²) < 4.78 is 5.15. The van der Waals surface area contributed by atoms with Crippen molar-refractivity contribution in [1.82, 2.24) is 20.4 Å². The number of anilines is 1. The lowest BCUT2D eigenvalue weighted by molar-refractivity contribution is 0.142. The molecule has 1 saturated heterocycles. The van der Waals surface area contributed by atoms with E-state index in [9.17, 15) is 4.79 Å². The number of nitrogens with one attached hydrogen (secondary N) is 3. The average molecular weight is 393 g/mol. The van der Waals surface area contributed by atoms with Crippen LogP contribution in [0.15, 0.2) is 22.7 Å². The van der Waals surface area contributed by atoms with Gasteiger partial charge >= 0.3 is 6.03 Å². The summed E-state index contributed by atoms with van der Waals surface area (Å²) in [6.07, 6.45) is 2.82. The number of H-pyrrole nitrogens is 1. The topological polar surface area (TPSA) is 86.2 Å². The number of benzene rings is 1. The molecule has 4 heterocycles. The number of carbonyl (C=O) groups excluding carboxylic acids is 1. The summed E-state index contributed by atoms with van der Waals surface area (Å²) in [5.41, 5.74) is 6.56. The highest BCUT2D eigenvalue weighted by Crippen LogP contribution is 2.40. The second-order valence-corrected chi connectivity index (χ2v) is 8.40. The molecule has 5 rings (SSSR count). The molecule has 2 aliphatic heterocycles. The van der Waals surface area contributed by atoms with Crippen LogP contribution in [0.1, 0.15) is 41.1 Å². The van der Waals surface area contributed by atoms with Crippen LogP contribution in [0.4, 0.5) is 10.5 Å². The molecule has 3 aromatic rings. The zero-order chi connectivity index (χ0) is 20.2. The fourth-order valence-electron chi connectivity index (χ4n) is 4.91. The molecule has 1 spiro atoms. The molecule has 0 bridgehead atoms. The van der Waals surface area contributed by atoms with Gasteiger partial charge in [-0.3, -0.25) is 0 Å². The van der Waals surface area contributed by atoms with Crippen LogP contribution in [-0.4, -0.2) is 40.7 Å². The Hall–Kier alpha value is -2.80. The van der Waals surface area contributed by atoms with Gasteiger partial charge in [-0.25, -0.2) is 4.79 Å². The first kappa shape index (κ1) is 18.2. The number of aromatic nitrogens is 2. The number of fused-ring (bicyclic) bond motifs is 4. The molecule has 2 amide bonds. The van der Waals surface area contributed by atoms with Crippen LogP contribution < -0.4 is 10.6 Å². The first-order valence-corrected chi connectivity index (χ1v) is 10.3. The summed E-state index contributed by atoms with van der Waals surface area (Å²) in [6, 6.07) is 6.54. The number of nitrogens with zero attached hydrogens (tertiary/aromatic N) is 2. The van der Waals surface area contributed by atoms with Crippen LogP contribution in [0.5, 0.6) is 0 Å². The van der Waals surface area contributed by atoms with E-state index in [1.54, 1.807) is 0 Å². The Labute approximate surface area is 169 Å². The normalized spacial score (nSPS) is 18.2. The zero-order valence-corrected chi connectivity index (χ0v) is 17.2. The van der Waals surface area contributed by atoms with E-state index < -0.39 is 0 Å². The number of rotatable bonds is 1. The molecule has 0 radical (unpaired) electrons. The summed E-state index contributed by atoms with van der Waals surface area (Å²) in [4.78, 5) is 18.4. The summed E-state index contributed by atoms with van der Waals surface area (Å²) in [6.45, 7) is 8.17. The quantitative estimate of drug-likeness (QED) is 0.588. The van der Waals surface area contributed by atoms with Crippen LogP contribution in [0.2, 0.25) is 0 Å². The number of carbonyl (C=O) groups is 1. The lowest BCUT2D eigenvalue weighted by Gasteiger charge is -2.44. The molecular formula is C22H27N5O2. The molecule has 0 unspecified atom stereocenters. The molecule has 7 nitrogen and oxygen atoms in total. The second-order valence-electron chi connectivity index (χ2n) is 8.40. The van der Waals surface area contributed by atoms with E-state index in [-0.39, 0.29) is 11.6 Å². The minimum absolute atomic E-state index is 0.0830. The van der Waals surface area contributed by atoms with Gasteiger partial charge in [-0.1, -0.05) is 16.8 Å². The van der Waals surface area contributed by atoms with Gasteiger partial charge in [0, 0.05) is 36.2 Å². The van der Waals surface area contributed by atoms with E-state index >= 15 is 0 Å². The van der Waals surface area contributed by atoms with Gasteiger partial charge in [-0.05, 0) is 57.7 Å². The summed E-state index contributed by atoms with van der Waals surface area (Å²) in [5, 5.41) is 12.0. The van der Waals surface area contributed by atoms with Crippen molar-refractivity contribution < 1.29 is 9.32 Å². The first-order valence-electron chi connectivity index (χ1n) is 10.3. The van der Waals surface area contributed by atoms with Gasteiger partial charge < -0.3 is 25.0 Å². The molecule has 0 atom stereocenters. The van der Waals surface area contributed by atoms with Crippen molar-refractivity contribution in [2.24, 2.45) is 0 Å². The van der Waals surface area contributed by atoms with E-state index in [4.69, 9.17) is 4.52 Å². The molecule has 3 N–H and O–H groups in total. The number of hydrogen-bond acceptors (Lipinski definition) is 4. The van der Waals surface area contributed by atoms with Gasteiger partial charge in [0.25, 0.3) is 0 Å². The number of amides is 2. The summed E-state index contributed by atoms with van der Waals surface area (Å²) >= 11 is 0. The predicted molar refractivity (Wildman–Crippen MR) is 112 cm³/mol. The number of likely N-dealkylation sites (tertiary alicyclic amines) is 1. The Morgan fingerprint density at radius 3 is 2.76 bits per heavy atom.